The molecule has 0 aromatic heterocycles. The lowest BCUT2D eigenvalue weighted by Crippen LogP contribution is -2.18. The minimum atomic E-state index is -0.259. The van der Waals surface area contributed by atoms with E-state index in [9.17, 15) is 9.59 Å². The Morgan fingerprint density at radius 1 is 1.19 bits per heavy atom. The maximum atomic E-state index is 11.4. The molecule has 0 saturated carbocycles. The van der Waals surface area contributed by atoms with Gasteiger partial charge in [0.2, 0.25) is 0 Å². The van der Waals surface area contributed by atoms with Gasteiger partial charge in [-0.25, -0.2) is 0 Å². The minimum Gasteiger partial charge on any atom is -0.465 e. The summed E-state index contributed by atoms with van der Waals surface area (Å²) in [7, 11) is 0. The second-order valence-corrected chi connectivity index (χ2v) is 4.15. The Morgan fingerprint density at radius 2 is 1.81 bits per heavy atom. The first-order chi connectivity index (χ1) is 7.47. The third-order valence-electron chi connectivity index (χ3n) is 2.00. The van der Waals surface area contributed by atoms with Crippen molar-refractivity contribution in [2.75, 3.05) is 6.61 Å². The van der Waals surface area contributed by atoms with Crippen LogP contribution in [0.4, 0.5) is 0 Å². The van der Waals surface area contributed by atoms with E-state index in [4.69, 9.17) is 9.47 Å². The highest BCUT2D eigenvalue weighted by atomic mass is 16.5. The predicted molar refractivity (Wildman–Crippen MR) is 60.9 cm³/mol. The quantitative estimate of drug-likeness (QED) is 0.630. The number of hydrogen-bond donors (Lipinski definition) is 0. The van der Waals surface area contributed by atoms with Crippen LogP contribution >= 0.6 is 0 Å². The Bertz CT molecular complexity index is 223. The van der Waals surface area contributed by atoms with E-state index in [2.05, 4.69) is 0 Å². The van der Waals surface area contributed by atoms with E-state index in [1.54, 1.807) is 20.8 Å². The van der Waals surface area contributed by atoms with Gasteiger partial charge in [-0.2, -0.15) is 0 Å². The van der Waals surface area contributed by atoms with Gasteiger partial charge >= 0.3 is 11.9 Å². The van der Waals surface area contributed by atoms with Crippen molar-refractivity contribution < 1.29 is 19.1 Å². The zero-order valence-electron chi connectivity index (χ0n) is 10.6. The molecule has 0 spiro atoms. The molecule has 4 heteroatoms. The highest BCUT2D eigenvalue weighted by Crippen LogP contribution is 2.09. The predicted octanol–water partition coefficient (Wildman–Crippen LogP) is 2.31. The Balaban J connectivity index is 3.75. The minimum absolute atomic E-state index is 0.102. The standard InChI is InChI=1S/C12H22O4/c1-5-8-15-12(14)10(4)6-7-11(13)16-9(2)3/h9-10H,5-8H2,1-4H3. The van der Waals surface area contributed by atoms with Crippen molar-refractivity contribution in [2.24, 2.45) is 5.92 Å². The monoisotopic (exact) mass is 230 g/mol. The van der Waals surface area contributed by atoms with Crippen LogP contribution in [0.5, 0.6) is 0 Å². The summed E-state index contributed by atoms with van der Waals surface area (Å²) in [6.45, 7) is 7.76. The molecule has 0 fully saturated rings. The van der Waals surface area contributed by atoms with E-state index < -0.39 is 0 Å². The molecule has 0 heterocycles. The van der Waals surface area contributed by atoms with Gasteiger partial charge in [0, 0.05) is 6.42 Å². The summed E-state index contributed by atoms with van der Waals surface area (Å²) in [5, 5.41) is 0. The lowest BCUT2D eigenvalue weighted by molar-refractivity contribution is -0.150. The van der Waals surface area contributed by atoms with Crippen molar-refractivity contribution in [1.29, 1.82) is 0 Å². The summed E-state index contributed by atoms with van der Waals surface area (Å²) in [5.41, 5.74) is 0. The molecular formula is C12H22O4. The lowest BCUT2D eigenvalue weighted by atomic mass is 10.1. The van der Waals surface area contributed by atoms with Crippen LogP contribution in [0, 0.1) is 5.92 Å². The molecule has 1 unspecified atom stereocenters. The van der Waals surface area contributed by atoms with Crippen molar-refractivity contribution in [1.82, 2.24) is 0 Å². The van der Waals surface area contributed by atoms with Gasteiger partial charge in [0.05, 0.1) is 18.6 Å². The molecule has 0 radical (unpaired) electrons. The Hall–Kier alpha value is -1.06. The third-order valence-corrected chi connectivity index (χ3v) is 2.00. The largest absolute Gasteiger partial charge is 0.465 e. The molecule has 0 bridgehead atoms. The van der Waals surface area contributed by atoms with Crippen LogP contribution < -0.4 is 0 Å². The van der Waals surface area contributed by atoms with E-state index in [1.807, 2.05) is 6.92 Å². The molecule has 94 valence electrons. The van der Waals surface area contributed by atoms with Crippen molar-refractivity contribution in [2.45, 2.75) is 53.1 Å². The molecule has 0 aliphatic rings. The number of rotatable bonds is 7. The molecule has 4 nitrogen and oxygen atoms in total. The summed E-state index contributed by atoms with van der Waals surface area (Å²) >= 11 is 0. The zero-order valence-corrected chi connectivity index (χ0v) is 10.6. The summed E-state index contributed by atoms with van der Waals surface area (Å²) < 4.78 is 9.95. The van der Waals surface area contributed by atoms with Crippen LogP contribution in [0.15, 0.2) is 0 Å². The van der Waals surface area contributed by atoms with Crippen molar-refractivity contribution in [3.63, 3.8) is 0 Å². The van der Waals surface area contributed by atoms with Crippen LogP contribution in [0.3, 0.4) is 0 Å². The molecule has 0 rings (SSSR count). The van der Waals surface area contributed by atoms with E-state index in [0.29, 0.717) is 13.0 Å². The van der Waals surface area contributed by atoms with Gasteiger partial charge in [-0.15, -0.1) is 0 Å². The van der Waals surface area contributed by atoms with Crippen molar-refractivity contribution in [3.05, 3.63) is 0 Å². The van der Waals surface area contributed by atoms with E-state index in [1.165, 1.54) is 0 Å². The number of carbonyl (C=O) groups is 2. The third kappa shape index (κ3) is 7.26. The van der Waals surface area contributed by atoms with Gasteiger partial charge in [-0.1, -0.05) is 13.8 Å². The first-order valence-electron chi connectivity index (χ1n) is 5.83. The van der Waals surface area contributed by atoms with E-state index in [0.717, 1.165) is 6.42 Å². The maximum Gasteiger partial charge on any atom is 0.308 e. The first-order valence-corrected chi connectivity index (χ1v) is 5.83. The molecule has 0 aromatic carbocycles. The van der Waals surface area contributed by atoms with Gasteiger partial charge < -0.3 is 9.47 Å². The molecule has 0 aromatic rings. The van der Waals surface area contributed by atoms with Crippen molar-refractivity contribution >= 4 is 11.9 Å². The summed E-state index contributed by atoms with van der Waals surface area (Å²) in [4.78, 5) is 22.6. The second kappa shape index (κ2) is 8.13. The fourth-order valence-electron chi connectivity index (χ4n) is 1.12. The van der Waals surface area contributed by atoms with Gasteiger partial charge in [0.15, 0.2) is 0 Å². The summed E-state index contributed by atoms with van der Waals surface area (Å²) in [5.74, 6) is -0.740. The normalized spacial score (nSPS) is 12.3. The van der Waals surface area contributed by atoms with Crippen LogP contribution in [0.2, 0.25) is 0 Å². The van der Waals surface area contributed by atoms with Crippen LogP contribution in [0.1, 0.15) is 47.0 Å². The number of carbonyl (C=O) groups excluding carboxylic acids is 2. The summed E-state index contributed by atoms with van der Waals surface area (Å²) in [6, 6.07) is 0. The smallest absolute Gasteiger partial charge is 0.308 e. The average Bonchev–Trinajstić information content (AvgIpc) is 2.21. The molecule has 0 N–H and O–H groups in total. The van der Waals surface area contributed by atoms with Crippen molar-refractivity contribution in [3.8, 4) is 0 Å². The Morgan fingerprint density at radius 3 is 2.31 bits per heavy atom. The molecular weight excluding hydrogens is 208 g/mol. The summed E-state index contributed by atoms with van der Waals surface area (Å²) in [6.07, 6.45) is 1.46. The van der Waals surface area contributed by atoms with Gasteiger partial charge in [-0.3, -0.25) is 9.59 Å². The molecule has 1 atom stereocenters. The maximum absolute atomic E-state index is 11.4. The molecule has 0 aliphatic heterocycles. The Kier molecular flexibility index (Phi) is 7.60. The number of ether oxygens (including phenoxy) is 2. The molecule has 0 saturated heterocycles. The van der Waals surface area contributed by atoms with Gasteiger partial charge in [0.1, 0.15) is 0 Å². The average molecular weight is 230 g/mol. The first kappa shape index (κ1) is 14.9. The SMILES string of the molecule is CCCOC(=O)C(C)CCC(=O)OC(C)C. The van der Waals surface area contributed by atoms with Gasteiger partial charge in [0.25, 0.3) is 0 Å². The van der Waals surface area contributed by atoms with Crippen LogP contribution in [-0.2, 0) is 19.1 Å². The number of esters is 2. The fraction of sp³-hybridized carbons (Fsp3) is 0.833. The number of hydrogen-bond acceptors (Lipinski definition) is 4. The molecule has 16 heavy (non-hydrogen) atoms. The topological polar surface area (TPSA) is 52.6 Å². The van der Waals surface area contributed by atoms with E-state index in [-0.39, 0.29) is 30.4 Å². The second-order valence-electron chi connectivity index (χ2n) is 4.15. The van der Waals surface area contributed by atoms with Gasteiger partial charge in [-0.05, 0) is 26.7 Å². The van der Waals surface area contributed by atoms with Crippen LogP contribution in [-0.4, -0.2) is 24.6 Å². The zero-order chi connectivity index (χ0) is 12.6. The van der Waals surface area contributed by atoms with Crippen LogP contribution in [0.25, 0.3) is 0 Å². The molecule has 0 aliphatic carbocycles. The lowest BCUT2D eigenvalue weighted by Gasteiger charge is -2.11. The highest BCUT2D eigenvalue weighted by Gasteiger charge is 2.16. The van der Waals surface area contributed by atoms with E-state index >= 15 is 0 Å². The Labute approximate surface area is 97.3 Å². The fourth-order valence-corrected chi connectivity index (χ4v) is 1.12. The molecule has 0 amide bonds. The highest BCUT2D eigenvalue weighted by molar-refractivity contribution is 5.74.